The summed E-state index contributed by atoms with van der Waals surface area (Å²) in [5.41, 5.74) is 2.33. The minimum absolute atomic E-state index is 0.101. The Hall–Kier alpha value is -3.39. The molecule has 0 saturated heterocycles. The van der Waals surface area contributed by atoms with Crippen LogP contribution >= 0.6 is 11.8 Å². The summed E-state index contributed by atoms with van der Waals surface area (Å²) < 4.78 is 1.76. The van der Waals surface area contributed by atoms with E-state index in [1.54, 1.807) is 4.40 Å². The zero-order valence-corrected chi connectivity index (χ0v) is 15.6. The summed E-state index contributed by atoms with van der Waals surface area (Å²) in [4.78, 5) is 26.8. The summed E-state index contributed by atoms with van der Waals surface area (Å²) >= 11 is 1.27. The summed E-state index contributed by atoms with van der Waals surface area (Å²) in [5, 5.41) is 11.6. The summed E-state index contributed by atoms with van der Waals surface area (Å²) in [6, 6.07) is 20.8. The van der Waals surface area contributed by atoms with Gasteiger partial charge in [-0.25, -0.2) is 0 Å². The van der Waals surface area contributed by atoms with Crippen molar-refractivity contribution in [2.24, 2.45) is 0 Å². The smallest absolute Gasteiger partial charge is 0.252 e. The highest BCUT2D eigenvalue weighted by molar-refractivity contribution is 7.99. The first-order chi connectivity index (χ1) is 13.7. The van der Waals surface area contributed by atoms with Gasteiger partial charge in [-0.15, -0.1) is 10.2 Å². The average Bonchev–Trinajstić information content (AvgIpc) is 3.14. The van der Waals surface area contributed by atoms with E-state index in [9.17, 15) is 9.59 Å². The Morgan fingerprint density at radius 1 is 1.04 bits per heavy atom. The molecule has 0 fully saturated rings. The van der Waals surface area contributed by atoms with Gasteiger partial charge in [-0.3, -0.25) is 19.0 Å². The third-order valence-electron chi connectivity index (χ3n) is 4.11. The molecule has 0 spiro atoms. The normalized spacial score (nSPS) is 10.9. The van der Waals surface area contributed by atoms with Crippen molar-refractivity contribution in [3.8, 4) is 11.3 Å². The quantitative estimate of drug-likeness (QED) is 0.493. The fourth-order valence-electron chi connectivity index (χ4n) is 2.80. The van der Waals surface area contributed by atoms with E-state index in [0.717, 1.165) is 11.1 Å². The van der Waals surface area contributed by atoms with Gasteiger partial charge in [0.25, 0.3) is 5.56 Å². The maximum absolute atomic E-state index is 12.2. The molecule has 0 saturated carbocycles. The largest absolute Gasteiger partial charge is 0.351 e. The molecule has 0 radical (unpaired) electrons. The van der Waals surface area contributed by atoms with E-state index >= 15 is 0 Å². The number of rotatable bonds is 6. The first-order valence-corrected chi connectivity index (χ1v) is 9.66. The Bertz CT molecular complexity index is 1160. The molecule has 0 aliphatic carbocycles. The van der Waals surface area contributed by atoms with Crippen LogP contribution in [0.2, 0.25) is 0 Å². The molecule has 0 aliphatic heterocycles. The Morgan fingerprint density at radius 2 is 1.75 bits per heavy atom. The van der Waals surface area contributed by atoms with Crippen molar-refractivity contribution in [1.82, 2.24) is 24.9 Å². The van der Waals surface area contributed by atoms with Gasteiger partial charge in [-0.05, 0) is 11.1 Å². The molecule has 0 bridgehead atoms. The molecule has 8 heteroatoms. The van der Waals surface area contributed by atoms with Crippen molar-refractivity contribution >= 4 is 23.4 Å². The second kappa shape index (κ2) is 8.10. The number of carbonyl (C=O) groups is 1. The lowest BCUT2D eigenvalue weighted by molar-refractivity contribution is -0.118. The molecule has 0 aliphatic rings. The van der Waals surface area contributed by atoms with Gasteiger partial charge in [0, 0.05) is 12.6 Å². The van der Waals surface area contributed by atoms with E-state index in [4.69, 9.17) is 0 Å². The van der Waals surface area contributed by atoms with Crippen LogP contribution in [0.1, 0.15) is 5.56 Å². The molecular formula is C20H17N5O2S. The second-order valence-corrected chi connectivity index (χ2v) is 7.02. The van der Waals surface area contributed by atoms with Gasteiger partial charge >= 0.3 is 0 Å². The molecule has 4 rings (SSSR count). The minimum Gasteiger partial charge on any atom is -0.351 e. The summed E-state index contributed by atoms with van der Waals surface area (Å²) in [5.74, 6) is 0.441. The fourth-order valence-corrected chi connectivity index (χ4v) is 3.57. The Morgan fingerprint density at radius 3 is 2.50 bits per heavy atom. The lowest BCUT2D eigenvalue weighted by Crippen LogP contribution is -2.24. The number of benzene rings is 2. The second-order valence-electron chi connectivity index (χ2n) is 6.08. The standard InChI is InChI=1S/C20H17N5O2S/c26-17-11-16(15-9-5-2-6-10-15)25-19(22-17)23-24-20(25)28-13-18(27)21-12-14-7-3-1-4-8-14/h1-11H,12-13H2,(H,21,27)(H,22,23,26). The number of hydrogen-bond donors (Lipinski definition) is 2. The van der Waals surface area contributed by atoms with E-state index in [1.807, 2.05) is 60.7 Å². The lowest BCUT2D eigenvalue weighted by Gasteiger charge is -2.08. The molecule has 0 unspecified atom stereocenters. The van der Waals surface area contributed by atoms with Gasteiger partial charge in [-0.2, -0.15) is 0 Å². The fraction of sp³-hybridized carbons (Fsp3) is 0.100. The first kappa shape index (κ1) is 18.0. The van der Waals surface area contributed by atoms with Gasteiger partial charge in [-0.1, -0.05) is 72.4 Å². The van der Waals surface area contributed by atoms with E-state index < -0.39 is 0 Å². The predicted octanol–water partition coefficient (Wildman–Crippen LogP) is 2.49. The number of aromatic amines is 1. The van der Waals surface area contributed by atoms with E-state index in [0.29, 0.717) is 23.2 Å². The number of nitrogens with one attached hydrogen (secondary N) is 2. The zero-order valence-electron chi connectivity index (χ0n) is 14.8. The molecule has 28 heavy (non-hydrogen) atoms. The average molecular weight is 391 g/mol. The number of aromatic nitrogens is 4. The van der Waals surface area contributed by atoms with Crippen LogP contribution in [-0.4, -0.2) is 31.2 Å². The van der Waals surface area contributed by atoms with Gasteiger partial charge in [0.2, 0.25) is 11.7 Å². The van der Waals surface area contributed by atoms with Crippen LogP contribution in [0.3, 0.4) is 0 Å². The van der Waals surface area contributed by atoms with Crippen LogP contribution in [0.15, 0.2) is 76.7 Å². The maximum atomic E-state index is 12.2. The maximum Gasteiger partial charge on any atom is 0.252 e. The number of thioether (sulfide) groups is 1. The Kier molecular flexibility index (Phi) is 5.20. The molecule has 4 aromatic rings. The van der Waals surface area contributed by atoms with Crippen molar-refractivity contribution in [3.05, 3.63) is 82.6 Å². The van der Waals surface area contributed by atoms with Gasteiger partial charge < -0.3 is 5.32 Å². The highest BCUT2D eigenvalue weighted by Gasteiger charge is 2.14. The van der Waals surface area contributed by atoms with E-state index in [1.165, 1.54) is 17.8 Å². The van der Waals surface area contributed by atoms with Crippen LogP contribution in [0, 0.1) is 0 Å². The molecule has 2 aromatic carbocycles. The van der Waals surface area contributed by atoms with Gasteiger partial charge in [0.15, 0.2) is 5.16 Å². The van der Waals surface area contributed by atoms with Crippen LogP contribution in [0.4, 0.5) is 0 Å². The van der Waals surface area contributed by atoms with Crippen molar-refractivity contribution in [2.45, 2.75) is 11.7 Å². The Labute approximate surface area is 164 Å². The topological polar surface area (TPSA) is 92.2 Å². The van der Waals surface area contributed by atoms with Crippen LogP contribution < -0.4 is 10.9 Å². The highest BCUT2D eigenvalue weighted by Crippen LogP contribution is 2.23. The molecule has 2 heterocycles. The SMILES string of the molecule is O=C(CSc1nnc2[nH]c(=O)cc(-c3ccccc3)n12)NCc1ccccc1. The van der Waals surface area contributed by atoms with E-state index in [-0.39, 0.29) is 17.2 Å². The summed E-state index contributed by atoms with van der Waals surface area (Å²) in [6.45, 7) is 0.476. The van der Waals surface area contributed by atoms with Crippen molar-refractivity contribution in [2.75, 3.05) is 5.75 Å². The number of amides is 1. The molecule has 2 N–H and O–H groups in total. The van der Waals surface area contributed by atoms with Crippen molar-refractivity contribution in [3.63, 3.8) is 0 Å². The predicted molar refractivity (Wildman–Crippen MR) is 108 cm³/mol. The molecule has 140 valence electrons. The van der Waals surface area contributed by atoms with Crippen molar-refractivity contribution < 1.29 is 4.79 Å². The van der Waals surface area contributed by atoms with E-state index in [2.05, 4.69) is 20.5 Å². The van der Waals surface area contributed by atoms with Crippen LogP contribution in [0.25, 0.3) is 17.0 Å². The molecule has 0 atom stereocenters. The Balaban J connectivity index is 1.53. The minimum atomic E-state index is -0.254. The monoisotopic (exact) mass is 391 g/mol. The molecule has 1 amide bonds. The number of carbonyl (C=O) groups excluding carboxylic acids is 1. The number of nitrogens with zero attached hydrogens (tertiary/aromatic N) is 3. The highest BCUT2D eigenvalue weighted by atomic mass is 32.2. The summed E-state index contributed by atoms with van der Waals surface area (Å²) in [7, 11) is 0. The van der Waals surface area contributed by atoms with Gasteiger partial charge in [0.1, 0.15) is 0 Å². The third kappa shape index (κ3) is 3.96. The molecular weight excluding hydrogens is 374 g/mol. The number of H-pyrrole nitrogens is 1. The first-order valence-electron chi connectivity index (χ1n) is 8.68. The van der Waals surface area contributed by atoms with Crippen molar-refractivity contribution in [1.29, 1.82) is 0 Å². The van der Waals surface area contributed by atoms with Gasteiger partial charge in [0.05, 0.1) is 11.4 Å². The number of fused-ring (bicyclic) bond motifs is 1. The van der Waals surface area contributed by atoms with Crippen LogP contribution in [-0.2, 0) is 11.3 Å². The lowest BCUT2D eigenvalue weighted by atomic mass is 10.1. The zero-order chi connectivity index (χ0) is 19.3. The molecule has 2 aromatic heterocycles. The third-order valence-corrected chi connectivity index (χ3v) is 5.04. The summed E-state index contributed by atoms with van der Waals surface area (Å²) in [6.07, 6.45) is 0. The molecule has 7 nitrogen and oxygen atoms in total. The van der Waals surface area contributed by atoms with Crippen LogP contribution in [0.5, 0.6) is 0 Å². The number of hydrogen-bond acceptors (Lipinski definition) is 5.